The number of benzene rings is 1. The van der Waals surface area contributed by atoms with E-state index in [1.807, 2.05) is 0 Å². The van der Waals surface area contributed by atoms with Gasteiger partial charge >= 0.3 is 0 Å². The summed E-state index contributed by atoms with van der Waals surface area (Å²) in [4.78, 5) is 0. The van der Waals surface area contributed by atoms with Gasteiger partial charge in [-0.1, -0.05) is 0 Å². The van der Waals surface area contributed by atoms with Crippen molar-refractivity contribution in [3.8, 4) is 0 Å². The van der Waals surface area contributed by atoms with Crippen LogP contribution in [0.15, 0.2) is 18.2 Å². The summed E-state index contributed by atoms with van der Waals surface area (Å²) in [6.45, 7) is 0. The number of rotatable bonds is 1. The molecule has 0 nitrogen and oxygen atoms in total. The van der Waals surface area contributed by atoms with Crippen LogP contribution in [-0.4, -0.2) is 5.38 Å². The highest BCUT2D eigenvalue weighted by Gasteiger charge is 2.24. The molecule has 0 N–H and O–H groups in total. The first-order chi connectivity index (χ1) is 6.65. The van der Waals surface area contributed by atoms with Crippen molar-refractivity contribution in [3.63, 3.8) is 0 Å². The molecule has 1 aromatic rings. The van der Waals surface area contributed by atoms with Crippen molar-refractivity contribution in [3.05, 3.63) is 35.4 Å². The smallest absolute Gasteiger partial charge is 0.126 e. The molecule has 0 saturated heterocycles. The third-order valence-corrected chi connectivity index (χ3v) is 3.12. The van der Waals surface area contributed by atoms with Gasteiger partial charge in [0.25, 0.3) is 0 Å². The number of alkyl halides is 1. The average Bonchev–Trinajstić information content (AvgIpc) is 2.50. The second-order valence-electron chi connectivity index (χ2n) is 3.81. The van der Waals surface area contributed by atoms with Gasteiger partial charge in [0.05, 0.1) is 0 Å². The fourth-order valence-corrected chi connectivity index (χ4v) is 2.38. The fraction of sp³-hybridized carbons (Fsp3) is 0.455. The summed E-state index contributed by atoms with van der Waals surface area (Å²) < 4.78 is 25.8. The molecule has 1 aromatic carbocycles. The van der Waals surface area contributed by atoms with E-state index in [-0.39, 0.29) is 11.3 Å². The van der Waals surface area contributed by atoms with Crippen molar-refractivity contribution in [2.45, 2.75) is 30.6 Å². The number of hydrogen-bond acceptors (Lipinski definition) is 0. The van der Waals surface area contributed by atoms with Gasteiger partial charge in [-0.25, -0.2) is 8.78 Å². The van der Waals surface area contributed by atoms with Gasteiger partial charge in [0, 0.05) is 11.4 Å². The minimum Gasteiger partial charge on any atom is -0.207 e. The van der Waals surface area contributed by atoms with E-state index in [1.165, 1.54) is 12.1 Å². The molecule has 1 saturated carbocycles. The third-order valence-electron chi connectivity index (χ3n) is 2.72. The Bertz CT molecular complexity index is 318. The third kappa shape index (κ3) is 2.06. The molecule has 1 fully saturated rings. The van der Waals surface area contributed by atoms with Gasteiger partial charge in [-0.15, -0.1) is 11.6 Å². The largest absolute Gasteiger partial charge is 0.207 e. The van der Waals surface area contributed by atoms with Crippen LogP contribution >= 0.6 is 11.6 Å². The molecule has 0 radical (unpaired) electrons. The molecule has 0 aliphatic heterocycles. The van der Waals surface area contributed by atoms with Gasteiger partial charge < -0.3 is 0 Å². The van der Waals surface area contributed by atoms with Crippen molar-refractivity contribution in [1.29, 1.82) is 0 Å². The van der Waals surface area contributed by atoms with Crippen LogP contribution in [0.2, 0.25) is 0 Å². The summed E-state index contributed by atoms with van der Waals surface area (Å²) in [5.41, 5.74) is 0.741. The van der Waals surface area contributed by atoms with E-state index in [2.05, 4.69) is 0 Å². The van der Waals surface area contributed by atoms with Crippen LogP contribution in [0.25, 0.3) is 0 Å². The SMILES string of the molecule is Fc1cc(F)cc(C2CCC(Cl)C2)c1. The molecule has 0 spiro atoms. The molecule has 2 unspecified atom stereocenters. The Hall–Kier alpha value is -0.630. The molecule has 0 aromatic heterocycles. The molecule has 2 rings (SSSR count). The normalized spacial score (nSPS) is 26.8. The summed E-state index contributed by atoms with van der Waals surface area (Å²) in [5, 5.41) is 0.159. The van der Waals surface area contributed by atoms with Crippen molar-refractivity contribution >= 4 is 11.6 Å². The predicted molar refractivity (Wildman–Crippen MR) is 52.6 cm³/mol. The quantitative estimate of drug-likeness (QED) is 0.626. The average molecular weight is 217 g/mol. The lowest BCUT2D eigenvalue weighted by atomic mass is 9.97. The molecular formula is C11H11ClF2. The van der Waals surface area contributed by atoms with Crippen molar-refractivity contribution in [2.75, 3.05) is 0 Å². The highest BCUT2D eigenvalue weighted by molar-refractivity contribution is 6.20. The van der Waals surface area contributed by atoms with Crippen LogP contribution in [0, 0.1) is 11.6 Å². The second-order valence-corrected chi connectivity index (χ2v) is 4.43. The van der Waals surface area contributed by atoms with E-state index in [9.17, 15) is 8.78 Å². The van der Waals surface area contributed by atoms with E-state index in [1.54, 1.807) is 0 Å². The van der Waals surface area contributed by atoms with Crippen LogP contribution in [-0.2, 0) is 0 Å². The maximum atomic E-state index is 12.9. The molecule has 76 valence electrons. The summed E-state index contributed by atoms with van der Waals surface area (Å²) >= 11 is 5.95. The number of halogens is 3. The minimum absolute atomic E-state index is 0.159. The lowest BCUT2D eigenvalue weighted by Crippen LogP contribution is -1.96. The standard InChI is InChI=1S/C11H11ClF2/c12-9-2-1-7(3-9)8-4-10(13)6-11(14)5-8/h4-7,9H,1-3H2. The predicted octanol–water partition coefficient (Wildman–Crippen LogP) is 3.84. The first-order valence-corrected chi connectivity index (χ1v) is 5.19. The van der Waals surface area contributed by atoms with Gasteiger partial charge in [0.15, 0.2) is 0 Å². The summed E-state index contributed by atoms with van der Waals surface area (Å²) in [7, 11) is 0. The van der Waals surface area contributed by atoms with Gasteiger partial charge in [-0.2, -0.15) is 0 Å². The molecule has 0 heterocycles. The molecule has 0 amide bonds. The summed E-state index contributed by atoms with van der Waals surface area (Å²) in [6, 6.07) is 3.71. The molecular weight excluding hydrogens is 206 g/mol. The van der Waals surface area contributed by atoms with Gasteiger partial charge in [-0.3, -0.25) is 0 Å². The zero-order valence-electron chi connectivity index (χ0n) is 7.64. The van der Waals surface area contributed by atoms with Crippen LogP contribution in [0.4, 0.5) is 8.78 Å². The van der Waals surface area contributed by atoms with E-state index in [0.717, 1.165) is 30.9 Å². The topological polar surface area (TPSA) is 0 Å². The maximum Gasteiger partial charge on any atom is 0.126 e. The minimum atomic E-state index is -0.502. The van der Waals surface area contributed by atoms with Gasteiger partial charge in [0.2, 0.25) is 0 Å². The molecule has 0 bridgehead atoms. The lowest BCUT2D eigenvalue weighted by molar-refractivity contribution is 0.573. The van der Waals surface area contributed by atoms with Crippen LogP contribution < -0.4 is 0 Å². The first kappa shape index (κ1) is 9.91. The molecule has 14 heavy (non-hydrogen) atoms. The zero-order chi connectivity index (χ0) is 10.1. The Labute approximate surface area is 86.9 Å². The molecule has 3 heteroatoms. The van der Waals surface area contributed by atoms with Gasteiger partial charge in [-0.05, 0) is 42.9 Å². The van der Waals surface area contributed by atoms with E-state index >= 15 is 0 Å². The Morgan fingerprint density at radius 2 is 1.71 bits per heavy atom. The fourth-order valence-electron chi connectivity index (χ4n) is 2.04. The second kappa shape index (κ2) is 3.85. The Morgan fingerprint density at radius 3 is 2.21 bits per heavy atom. The van der Waals surface area contributed by atoms with Crippen molar-refractivity contribution in [2.24, 2.45) is 0 Å². The van der Waals surface area contributed by atoms with E-state index < -0.39 is 11.6 Å². The Morgan fingerprint density at radius 1 is 1.07 bits per heavy atom. The highest BCUT2D eigenvalue weighted by atomic mass is 35.5. The maximum absolute atomic E-state index is 12.9. The van der Waals surface area contributed by atoms with Crippen molar-refractivity contribution in [1.82, 2.24) is 0 Å². The summed E-state index contributed by atoms with van der Waals surface area (Å²) in [6.07, 6.45) is 2.69. The molecule has 2 atom stereocenters. The molecule has 1 aliphatic rings. The van der Waals surface area contributed by atoms with Crippen LogP contribution in [0.3, 0.4) is 0 Å². The Balaban J connectivity index is 2.23. The number of hydrogen-bond donors (Lipinski definition) is 0. The van der Waals surface area contributed by atoms with Crippen molar-refractivity contribution < 1.29 is 8.78 Å². The van der Waals surface area contributed by atoms with Gasteiger partial charge in [0.1, 0.15) is 11.6 Å². The van der Waals surface area contributed by atoms with Crippen LogP contribution in [0.1, 0.15) is 30.7 Å². The monoisotopic (exact) mass is 216 g/mol. The molecule has 1 aliphatic carbocycles. The van der Waals surface area contributed by atoms with E-state index in [4.69, 9.17) is 11.6 Å². The van der Waals surface area contributed by atoms with E-state index in [0.29, 0.717) is 0 Å². The lowest BCUT2D eigenvalue weighted by Gasteiger charge is -2.09. The first-order valence-electron chi connectivity index (χ1n) is 4.75. The zero-order valence-corrected chi connectivity index (χ0v) is 8.40. The summed E-state index contributed by atoms with van der Waals surface area (Å²) in [5.74, 6) is -0.779. The van der Waals surface area contributed by atoms with Crippen LogP contribution in [0.5, 0.6) is 0 Å². The Kier molecular flexibility index (Phi) is 2.73. The highest BCUT2D eigenvalue weighted by Crippen LogP contribution is 2.37.